The van der Waals surface area contributed by atoms with Gasteiger partial charge in [-0.3, -0.25) is 19.8 Å². The molecule has 24 heavy (non-hydrogen) atoms. The van der Waals surface area contributed by atoms with Crippen LogP contribution in [-0.2, 0) is 4.79 Å². The topological polar surface area (TPSA) is 75.8 Å². The number of nitro groups is 1. The summed E-state index contributed by atoms with van der Waals surface area (Å²) in [5, 5.41) is 10.7. The molecule has 0 fully saturated rings. The number of non-ortho nitro benzene ring substituents is 1. The van der Waals surface area contributed by atoms with E-state index in [0.29, 0.717) is 11.4 Å². The smallest absolute Gasteiger partial charge is 0.266 e. The summed E-state index contributed by atoms with van der Waals surface area (Å²) >= 11 is 3.44. The minimum Gasteiger partial charge on any atom is -0.266 e. The molecule has 1 heterocycles. The quantitative estimate of drug-likeness (QED) is 0.452. The van der Waals surface area contributed by atoms with Crippen molar-refractivity contribution in [3.05, 3.63) is 74.4 Å². The number of aliphatic imine (C=N–C) groups is 1. The molecule has 2 aromatic carbocycles. The number of hydrogen-bond donors (Lipinski definition) is 0. The molecule has 0 spiro atoms. The Morgan fingerprint density at radius 2 is 1.83 bits per heavy atom. The van der Waals surface area contributed by atoms with Crippen molar-refractivity contribution in [3.8, 4) is 0 Å². The maximum absolute atomic E-state index is 12.7. The lowest BCUT2D eigenvalue weighted by atomic mass is 10.1. The van der Waals surface area contributed by atoms with Crippen LogP contribution < -0.4 is 4.90 Å². The van der Waals surface area contributed by atoms with E-state index < -0.39 is 4.92 Å². The third-order valence-electron chi connectivity index (χ3n) is 3.53. The summed E-state index contributed by atoms with van der Waals surface area (Å²) in [6.07, 6.45) is 1.62. The van der Waals surface area contributed by atoms with Crippen molar-refractivity contribution in [1.29, 1.82) is 0 Å². The van der Waals surface area contributed by atoms with Gasteiger partial charge in [-0.2, -0.15) is 0 Å². The van der Waals surface area contributed by atoms with Crippen LogP contribution in [0.15, 0.2) is 63.7 Å². The molecule has 0 radical (unpaired) electrons. The van der Waals surface area contributed by atoms with Crippen LogP contribution in [0.2, 0.25) is 0 Å². The zero-order valence-electron chi connectivity index (χ0n) is 12.6. The number of nitro benzene ring substituents is 1. The predicted molar refractivity (Wildman–Crippen MR) is 95.8 cm³/mol. The van der Waals surface area contributed by atoms with Gasteiger partial charge in [-0.1, -0.05) is 12.1 Å². The van der Waals surface area contributed by atoms with E-state index in [1.807, 2.05) is 24.3 Å². The van der Waals surface area contributed by atoms with Crippen LogP contribution in [0.4, 0.5) is 11.4 Å². The largest absolute Gasteiger partial charge is 0.282 e. The van der Waals surface area contributed by atoms with E-state index in [1.54, 1.807) is 25.1 Å². The second-order valence-corrected chi connectivity index (χ2v) is 5.98. The number of carbonyl (C=O) groups excluding carboxylic acids is 1. The monoisotopic (exact) mass is 385 g/mol. The van der Waals surface area contributed by atoms with E-state index >= 15 is 0 Å². The highest BCUT2D eigenvalue weighted by Crippen LogP contribution is 2.31. The van der Waals surface area contributed by atoms with Crippen LogP contribution in [0, 0.1) is 10.1 Å². The van der Waals surface area contributed by atoms with E-state index in [9.17, 15) is 14.9 Å². The minimum atomic E-state index is -0.464. The van der Waals surface area contributed by atoms with Crippen molar-refractivity contribution in [2.24, 2.45) is 4.99 Å². The number of benzene rings is 2. The van der Waals surface area contributed by atoms with Gasteiger partial charge in [0, 0.05) is 16.6 Å². The average Bonchev–Trinajstić information content (AvgIpc) is 2.83. The van der Waals surface area contributed by atoms with Gasteiger partial charge in [0.25, 0.3) is 11.6 Å². The summed E-state index contributed by atoms with van der Waals surface area (Å²) in [6.45, 7) is 1.76. The van der Waals surface area contributed by atoms with Crippen LogP contribution in [0.5, 0.6) is 0 Å². The van der Waals surface area contributed by atoms with E-state index in [0.717, 1.165) is 10.2 Å². The van der Waals surface area contributed by atoms with Crippen molar-refractivity contribution >= 4 is 45.1 Å². The number of amidine groups is 1. The van der Waals surface area contributed by atoms with Gasteiger partial charge in [0.1, 0.15) is 11.5 Å². The Balaban J connectivity index is 1.92. The lowest BCUT2D eigenvalue weighted by molar-refractivity contribution is -0.384. The Bertz CT molecular complexity index is 888. The Hall–Kier alpha value is -2.80. The summed E-state index contributed by atoms with van der Waals surface area (Å²) in [6, 6.07) is 13.4. The third-order valence-corrected chi connectivity index (χ3v) is 4.20. The normalized spacial score (nSPS) is 15.8. The molecule has 0 saturated carbocycles. The molecule has 120 valence electrons. The van der Waals surface area contributed by atoms with E-state index in [-0.39, 0.29) is 17.3 Å². The fourth-order valence-electron chi connectivity index (χ4n) is 2.39. The van der Waals surface area contributed by atoms with Gasteiger partial charge in [-0.25, -0.2) is 4.99 Å². The van der Waals surface area contributed by atoms with Crippen LogP contribution in [-0.4, -0.2) is 16.7 Å². The third kappa shape index (κ3) is 2.98. The standard InChI is InChI=1S/C17H12BrN3O3/c1-11-19-15(10-12-6-8-13(9-7-12)21(23)24)17(22)20(11)16-5-3-2-4-14(16)18/h2-10H,1H3/b15-10-. The van der Waals surface area contributed by atoms with Crippen LogP contribution in [0.3, 0.4) is 0 Å². The summed E-state index contributed by atoms with van der Waals surface area (Å²) in [4.78, 5) is 28.7. The van der Waals surface area contributed by atoms with Gasteiger partial charge in [-0.15, -0.1) is 0 Å². The molecule has 0 saturated heterocycles. The minimum absolute atomic E-state index is 0.00410. The van der Waals surface area contributed by atoms with E-state index in [2.05, 4.69) is 20.9 Å². The van der Waals surface area contributed by atoms with Crippen molar-refractivity contribution in [3.63, 3.8) is 0 Å². The number of halogens is 1. The summed E-state index contributed by atoms with van der Waals surface area (Å²) in [5.41, 5.74) is 1.69. The van der Waals surface area contributed by atoms with Crippen molar-refractivity contribution in [1.82, 2.24) is 0 Å². The molecule has 6 nitrogen and oxygen atoms in total. The predicted octanol–water partition coefficient (Wildman–Crippen LogP) is 4.16. The summed E-state index contributed by atoms with van der Waals surface area (Å²) in [5.74, 6) is 0.331. The first-order valence-corrected chi connectivity index (χ1v) is 7.87. The molecule has 1 aliphatic rings. The first-order chi connectivity index (χ1) is 11.5. The maximum Gasteiger partial charge on any atom is 0.282 e. The van der Waals surface area contributed by atoms with Gasteiger partial charge in [0.05, 0.1) is 10.6 Å². The molecule has 0 N–H and O–H groups in total. The van der Waals surface area contributed by atoms with Crippen LogP contribution in [0.25, 0.3) is 6.08 Å². The zero-order valence-corrected chi connectivity index (χ0v) is 14.2. The molecule has 0 atom stereocenters. The number of carbonyl (C=O) groups is 1. The summed E-state index contributed by atoms with van der Waals surface area (Å²) in [7, 11) is 0. The highest BCUT2D eigenvalue weighted by Gasteiger charge is 2.29. The maximum atomic E-state index is 12.7. The van der Waals surface area contributed by atoms with Crippen LogP contribution in [0.1, 0.15) is 12.5 Å². The average molecular weight is 386 g/mol. The Morgan fingerprint density at radius 1 is 1.17 bits per heavy atom. The van der Waals surface area contributed by atoms with E-state index in [1.165, 1.54) is 17.0 Å². The molecule has 0 aliphatic carbocycles. The Kier molecular flexibility index (Phi) is 4.26. The number of para-hydroxylation sites is 1. The SMILES string of the molecule is CC1=N/C(=C\c2ccc([N+](=O)[O-])cc2)C(=O)N1c1ccccc1Br. The second kappa shape index (κ2) is 6.37. The molecular weight excluding hydrogens is 374 g/mol. The molecule has 2 aromatic rings. The van der Waals surface area contributed by atoms with Crippen LogP contribution >= 0.6 is 15.9 Å². The number of nitrogens with zero attached hydrogens (tertiary/aromatic N) is 3. The highest BCUT2D eigenvalue weighted by atomic mass is 79.9. The molecule has 0 bridgehead atoms. The lowest BCUT2D eigenvalue weighted by Gasteiger charge is -2.17. The Morgan fingerprint density at radius 3 is 2.46 bits per heavy atom. The summed E-state index contributed by atoms with van der Waals surface area (Å²) < 4.78 is 0.796. The van der Waals surface area contributed by atoms with Crippen molar-refractivity contribution in [2.75, 3.05) is 4.90 Å². The van der Waals surface area contributed by atoms with Gasteiger partial charge < -0.3 is 0 Å². The molecule has 1 aliphatic heterocycles. The van der Waals surface area contributed by atoms with Gasteiger partial charge in [0.15, 0.2) is 0 Å². The van der Waals surface area contributed by atoms with Crippen molar-refractivity contribution in [2.45, 2.75) is 6.92 Å². The molecule has 0 unspecified atom stereocenters. The highest BCUT2D eigenvalue weighted by molar-refractivity contribution is 9.10. The second-order valence-electron chi connectivity index (χ2n) is 5.13. The number of rotatable bonds is 3. The molecule has 3 rings (SSSR count). The van der Waals surface area contributed by atoms with Gasteiger partial charge in [-0.05, 0) is 58.8 Å². The first kappa shape index (κ1) is 16.1. The van der Waals surface area contributed by atoms with Gasteiger partial charge >= 0.3 is 0 Å². The molecule has 7 heteroatoms. The fourth-order valence-corrected chi connectivity index (χ4v) is 2.86. The van der Waals surface area contributed by atoms with Gasteiger partial charge in [0.2, 0.25) is 0 Å². The molecule has 0 aromatic heterocycles. The number of hydrogen-bond acceptors (Lipinski definition) is 4. The number of anilines is 1. The molecular formula is C17H12BrN3O3. The lowest BCUT2D eigenvalue weighted by Crippen LogP contribution is -2.30. The first-order valence-electron chi connectivity index (χ1n) is 7.08. The Labute approximate surface area is 146 Å². The number of amides is 1. The molecule has 1 amide bonds. The van der Waals surface area contributed by atoms with Crippen molar-refractivity contribution < 1.29 is 9.72 Å². The van der Waals surface area contributed by atoms with E-state index in [4.69, 9.17) is 0 Å². The fraction of sp³-hybridized carbons (Fsp3) is 0.0588. The zero-order chi connectivity index (χ0) is 17.3.